The van der Waals surface area contributed by atoms with Crippen LogP contribution in [0.15, 0.2) is 60.8 Å². The van der Waals surface area contributed by atoms with Crippen molar-refractivity contribution in [2.45, 2.75) is 20.4 Å². The summed E-state index contributed by atoms with van der Waals surface area (Å²) < 4.78 is 0. The number of benzene rings is 2. The number of nitrogens with one attached hydrogen (secondary N) is 4. The second-order valence-electron chi connectivity index (χ2n) is 7.32. The van der Waals surface area contributed by atoms with Crippen molar-refractivity contribution in [3.8, 4) is 0 Å². The normalized spacial score (nSPS) is 11.2. The van der Waals surface area contributed by atoms with E-state index in [0.717, 1.165) is 33.6 Å². The summed E-state index contributed by atoms with van der Waals surface area (Å²) >= 11 is 0. The summed E-state index contributed by atoms with van der Waals surface area (Å²) in [6.07, 6.45) is 1.93. The van der Waals surface area contributed by atoms with Crippen LogP contribution in [0.5, 0.6) is 0 Å². The lowest BCUT2D eigenvalue weighted by molar-refractivity contribution is 1.06. The molecule has 5 aromatic rings. The fourth-order valence-electron chi connectivity index (χ4n) is 3.66. The van der Waals surface area contributed by atoms with E-state index in [1.165, 1.54) is 16.6 Å². The first-order valence-electron chi connectivity index (χ1n) is 9.65. The fourth-order valence-corrected chi connectivity index (χ4v) is 3.66. The lowest BCUT2D eigenvalue weighted by Crippen LogP contribution is -2.05. The molecule has 0 unspecified atom stereocenters. The molecular weight excluding hydrogens is 360 g/mol. The van der Waals surface area contributed by atoms with Gasteiger partial charge in [-0.25, -0.2) is 4.98 Å². The van der Waals surface area contributed by atoms with Crippen LogP contribution in [0.2, 0.25) is 0 Å². The maximum Gasteiger partial charge on any atom is 0.229 e. The van der Waals surface area contributed by atoms with E-state index in [1.54, 1.807) is 0 Å². The Labute approximate surface area is 168 Å². The van der Waals surface area contributed by atoms with Crippen LogP contribution >= 0.6 is 0 Å². The van der Waals surface area contributed by atoms with Crippen LogP contribution in [0.4, 0.5) is 17.5 Å². The largest absolute Gasteiger partial charge is 0.366 e. The fraction of sp³-hybridized carbons (Fsp3) is 0.130. The van der Waals surface area contributed by atoms with Crippen molar-refractivity contribution >= 4 is 39.3 Å². The van der Waals surface area contributed by atoms with E-state index in [2.05, 4.69) is 61.8 Å². The van der Waals surface area contributed by atoms with Crippen LogP contribution in [-0.2, 0) is 6.54 Å². The number of aromatic amines is 2. The van der Waals surface area contributed by atoms with Gasteiger partial charge in [-0.15, -0.1) is 0 Å². The molecule has 4 N–H and O–H groups in total. The Kier molecular flexibility index (Phi) is 4.17. The molecule has 0 amide bonds. The molecule has 0 saturated carbocycles. The lowest BCUT2D eigenvalue weighted by Gasteiger charge is -2.11. The molecule has 5 rings (SSSR count). The molecule has 0 fully saturated rings. The highest BCUT2D eigenvalue weighted by molar-refractivity contribution is 5.93. The van der Waals surface area contributed by atoms with E-state index >= 15 is 0 Å². The Morgan fingerprint density at radius 1 is 0.931 bits per heavy atom. The predicted octanol–water partition coefficient (Wildman–Crippen LogP) is 5.41. The minimum absolute atomic E-state index is 0.581. The maximum absolute atomic E-state index is 4.65. The van der Waals surface area contributed by atoms with Crippen molar-refractivity contribution in [3.05, 3.63) is 77.7 Å². The summed E-state index contributed by atoms with van der Waals surface area (Å²) in [6, 6.07) is 18.7. The Balaban J connectivity index is 1.36. The number of fused-ring (bicyclic) bond motifs is 2. The molecular formula is C23H22N6. The zero-order valence-corrected chi connectivity index (χ0v) is 16.4. The third-order valence-corrected chi connectivity index (χ3v) is 4.99. The monoisotopic (exact) mass is 382 g/mol. The standard InChI is InChI=1S/C23H22N6/c1-14-10-17-12-16(6-7-19(17)26-14)13-25-22-11-15(2)27-23(29-22)28-21-5-3-4-20-18(21)8-9-24-20/h3-12,24,26H,13H2,1-2H3,(H2,25,27,28,29). The number of hydrogen-bond donors (Lipinski definition) is 4. The highest BCUT2D eigenvalue weighted by Crippen LogP contribution is 2.25. The summed E-state index contributed by atoms with van der Waals surface area (Å²) in [4.78, 5) is 15.8. The van der Waals surface area contributed by atoms with E-state index in [9.17, 15) is 0 Å². The van der Waals surface area contributed by atoms with Gasteiger partial charge in [-0.1, -0.05) is 12.1 Å². The van der Waals surface area contributed by atoms with Crippen molar-refractivity contribution in [3.63, 3.8) is 0 Å². The van der Waals surface area contributed by atoms with Crippen molar-refractivity contribution in [1.29, 1.82) is 0 Å². The van der Waals surface area contributed by atoms with E-state index in [-0.39, 0.29) is 0 Å². The molecule has 0 bridgehead atoms. The van der Waals surface area contributed by atoms with Crippen LogP contribution in [0.1, 0.15) is 17.0 Å². The van der Waals surface area contributed by atoms with Gasteiger partial charge in [0.2, 0.25) is 5.95 Å². The third kappa shape index (κ3) is 3.52. The van der Waals surface area contributed by atoms with Gasteiger partial charge in [0, 0.05) is 46.6 Å². The number of aryl methyl sites for hydroxylation is 2. The first-order valence-corrected chi connectivity index (χ1v) is 9.65. The van der Waals surface area contributed by atoms with Gasteiger partial charge in [-0.2, -0.15) is 4.98 Å². The van der Waals surface area contributed by atoms with Crippen LogP contribution in [0, 0.1) is 13.8 Å². The number of hydrogen-bond acceptors (Lipinski definition) is 4. The third-order valence-electron chi connectivity index (χ3n) is 4.99. The highest BCUT2D eigenvalue weighted by atomic mass is 15.1. The van der Waals surface area contributed by atoms with E-state index in [1.807, 2.05) is 43.5 Å². The quantitative estimate of drug-likeness (QED) is 0.327. The summed E-state index contributed by atoms with van der Waals surface area (Å²) in [5, 5.41) is 9.11. The van der Waals surface area contributed by atoms with Crippen LogP contribution in [-0.4, -0.2) is 19.9 Å². The van der Waals surface area contributed by atoms with Gasteiger partial charge >= 0.3 is 0 Å². The average molecular weight is 382 g/mol. The van der Waals surface area contributed by atoms with Crippen LogP contribution in [0.25, 0.3) is 21.8 Å². The van der Waals surface area contributed by atoms with Gasteiger partial charge in [0.05, 0.1) is 5.69 Å². The smallest absolute Gasteiger partial charge is 0.229 e. The Morgan fingerprint density at radius 2 is 1.86 bits per heavy atom. The SMILES string of the molecule is Cc1cc(NCc2ccc3[nH]c(C)cc3c2)nc(Nc2cccc3[nH]ccc23)n1. The molecule has 6 heteroatoms. The number of aromatic nitrogens is 4. The predicted molar refractivity (Wildman–Crippen MR) is 119 cm³/mol. The zero-order valence-electron chi connectivity index (χ0n) is 16.4. The van der Waals surface area contributed by atoms with Crippen molar-refractivity contribution in [2.75, 3.05) is 10.6 Å². The van der Waals surface area contributed by atoms with E-state index in [0.29, 0.717) is 12.5 Å². The van der Waals surface area contributed by atoms with Gasteiger partial charge in [-0.05, 0) is 61.2 Å². The lowest BCUT2D eigenvalue weighted by atomic mass is 10.1. The molecule has 0 saturated heterocycles. The molecule has 0 spiro atoms. The van der Waals surface area contributed by atoms with Gasteiger partial charge in [-0.3, -0.25) is 0 Å². The number of H-pyrrole nitrogens is 2. The van der Waals surface area contributed by atoms with Gasteiger partial charge in [0.1, 0.15) is 5.82 Å². The minimum atomic E-state index is 0.581. The molecule has 3 aromatic heterocycles. The molecule has 0 aliphatic heterocycles. The van der Waals surface area contributed by atoms with Crippen molar-refractivity contribution in [2.24, 2.45) is 0 Å². The summed E-state index contributed by atoms with van der Waals surface area (Å²) in [7, 11) is 0. The second kappa shape index (κ2) is 6.98. The van der Waals surface area contributed by atoms with Crippen LogP contribution in [0.3, 0.4) is 0 Å². The summed E-state index contributed by atoms with van der Waals surface area (Å²) in [5.74, 6) is 1.38. The molecule has 0 aliphatic carbocycles. The number of anilines is 3. The molecule has 144 valence electrons. The van der Waals surface area contributed by atoms with Crippen molar-refractivity contribution < 1.29 is 0 Å². The Morgan fingerprint density at radius 3 is 2.79 bits per heavy atom. The highest BCUT2D eigenvalue weighted by Gasteiger charge is 2.07. The minimum Gasteiger partial charge on any atom is -0.366 e. The first-order chi connectivity index (χ1) is 14.1. The molecule has 29 heavy (non-hydrogen) atoms. The first kappa shape index (κ1) is 17.3. The topological polar surface area (TPSA) is 81.4 Å². The molecule has 0 aliphatic rings. The second-order valence-corrected chi connectivity index (χ2v) is 7.32. The number of rotatable bonds is 5. The molecule has 6 nitrogen and oxygen atoms in total. The van der Waals surface area contributed by atoms with E-state index < -0.39 is 0 Å². The summed E-state index contributed by atoms with van der Waals surface area (Å²) in [5.41, 5.74) is 6.51. The summed E-state index contributed by atoms with van der Waals surface area (Å²) in [6.45, 7) is 4.75. The maximum atomic E-state index is 4.65. The van der Waals surface area contributed by atoms with Crippen LogP contribution < -0.4 is 10.6 Å². The number of nitrogens with zero attached hydrogens (tertiary/aromatic N) is 2. The van der Waals surface area contributed by atoms with Gasteiger partial charge < -0.3 is 20.6 Å². The molecule has 2 aromatic carbocycles. The Hall–Kier alpha value is -3.80. The molecule has 3 heterocycles. The average Bonchev–Trinajstić information content (AvgIpc) is 3.31. The van der Waals surface area contributed by atoms with E-state index in [4.69, 9.17) is 0 Å². The van der Waals surface area contributed by atoms with Crippen molar-refractivity contribution in [1.82, 2.24) is 19.9 Å². The molecule has 0 atom stereocenters. The zero-order chi connectivity index (χ0) is 19.8. The molecule has 0 radical (unpaired) electrons. The van der Waals surface area contributed by atoms with Gasteiger partial charge in [0.25, 0.3) is 0 Å². The van der Waals surface area contributed by atoms with Gasteiger partial charge in [0.15, 0.2) is 0 Å². The Bertz CT molecular complexity index is 1310.